The van der Waals surface area contributed by atoms with Crippen molar-refractivity contribution in [2.24, 2.45) is 17.8 Å². The van der Waals surface area contributed by atoms with E-state index < -0.39 is 42.0 Å². The van der Waals surface area contributed by atoms with Crippen LogP contribution >= 0.6 is 0 Å². The van der Waals surface area contributed by atoms with Crippen molar-refractivity contribution >= 4 is 17.7 Å². The molecule has 4 N–H and O–H groups in total. The molecular formula is C36H68N6O8. The normalized spacial score (nSPS) is 36.5. The summed E-state index contributed by atoms with van der Waals surface area (Å²) in [4.78, 5) is 46.6. The highest BCUT2D eigenvalue weighted by Crippen LogP contribution is 2.36. The van der Waals surface area contributed by atoms with Gasteiger partial charge in [0.05, 0.1) is 36.4 Å². The molecule has 10 atom stereocenters. The number of amides is 3. The molecule has 3 amide bonds. The number of ether oxygens (including phenoxy) is 3. The molecule has 3 heterocycles. The number of aliphatic hydroxyl groups is 2. The van der Waals surface area contributed by atoms with Gasteiger partial charge in [0.15, 0.2) is 6.29 Å². The summed E-state index contributed by atoms with van der Waals surface area (Å²) in [5.74, 6) is -1.88. The van der Waals surface area contributed by atoms with Gasteiger partial charge >= 0.3 is 0 Å². The Labute approximate surface area is 300 Å². The highest BCUT2D eigenvalue weighted by molar-refractivity contribution is 5.79. The van der Waals surface area contributed by atoms with Crippen molar-refractivity contribution in [2.75, 3.05) is 87.2 Å². The maximum atomic E-state index is 13.1. The van der Waals surface area contributed by atoms with E-state index >= 15 is 0 Å². The van der Waals surface area contributed by atoms with Crippen LogP contribution in [0.25, 0.3) is 0 Å². The largest absolute Gasteiger partial charge is 0.392 e. The number of carbonyl (C=O) groups excluding carboxylic acids is 3. The van der Waals surface area contributed by atoms with Gasteiger partial charge in [-0.05, 0) is 66.6 Å². The number of likely N-dealkylation sites (N-methyl/N-ethyl adjacent to an activating group) is 2. The zero-order valence-corrected chi connectivity index (χ0v) is 32.2. The van der Waals surface area contributed by atoms with Crippen molar-refractivity contribution in [1.29, 1.82) is 0 Å². The molecule has 0 saturated carbocycles. The van der Waals surface area contributed by atoms with Gasteiger partial charge in [-0.2, -0.15) is 0 Å². The van der Waals surface area contributed by atoms with Crippen LogP contribution in [0.2, 0.25) is 0 Å². The molecule has 0 bridgehead atoms. The quantitative estimate of drug-likeness (QED) is 0.232. The van der Waals surface area contributed by atoms with E-state index in [4.69, 9.17) is 14.2 Å². The molecule has 50 heavy (non-hydrogen) atoms. The third kappa shape index (κ3) is 12.6. The summed E-state index contributed by atoms with van der Waals surface area (Å²) in [6.45, 7) is 14.8. The smallest absolute Gasteiger partial charge is 0.234 e. The van der Waals surface area contributed by atoms with Crippen LogP contribution in [0.15, 0.2) is 0 Å². The number of rotatable bonds is 10. The lowest BCUT2D eigenvalue weighted by Gasteiger charge is -2.48. The predicted octanol–water partition coefficient (Wildman–Crippen LogP) is 0.354. The number of hydrogen-bond acceptors (Lipinski definition) is 11. The first kappa shape index (κ1) is 42.5. The van der Waals surface area contributed by atoms with Crippen LogP contribution in [-0.4, -0.2) is 177 Å². The molecule has 3 saturated heterocycles. The third-order valence-electron chi connectivity index (χ3n) is 10.6. The lowest BCUT2D eigenvalue weighted by molar-refractivity contribution is -0.306. The van der Waals surface area contributed by atoms with E-state index in [-0.39, 0.29) is 42.2 Å². The van der Waals surface area contributed by atoms with Crippen LogP contribution in [-0.2, 0) is 28.6 Å². The highest BCUT2D eigenvalue weighted by atomic mass is 16.7. The van der Waals surface area contributed by atoms with Crippen LogP contribution in [0.4, 0.5) is 0 Å². The highest BCUT2D eigenvalue weighted by Gasteiger charge is 2.48. The molecular weight excluding hydrogens is 644 g/mol. The lowest BCUT2D eigenvalue weighted by Crippen LogP contribution is -2.60. The van der Waals surface area contributed by atoms with Crippen LogP contribution in [0.5, 0.6) is 0 Å². The third-order valence-corrected chi connectivity index (χ3v) is 10.6. The van der Waals surface area contributed by atoms with Crippen LogP contribution in [0.1, 0.15) is 66.7 Å². The van der Waals surface area contributed by atoms with Gasteiger partial charge in [-0.15, -0.1) is 0 Å². The predicted molar refractivity (Wildman–Crippen MR) is 191 cm³/mol. The fraction of sp³-hybridized carbons (Fsp3) is 0.917. The number of piperazine rings is 1. The van der Waals surface area contributed by atoms with Gasteiger partial charge in [-0.3, -0.25) is 19.3 Å². The number of carbonyl (C=O) groups is 3. The number of nitrogens with one attached hydrogen (secondary N) is 2. The topological polar surface area (TPSA) is 156 Å². The van der Waals surface area contributed by atoms with Crippen LogP contribution in [0.3, 0.4) is 0 Å². The summed E-state index contributed by atoms with van der Waals surface area (Å²) in [6.07, 6.45) is -1.27. The minimum atomic E-state index is -1.46. The van der Waals surface area contributed by atoms with E-state index in [1.807, 2.05) is 27.9 Å². The van der Waals surface area contributed by atoms with Gasteiger partial charge in [0.2, 0.25) is 17.7 Å². The summed E-state index contributed by atoms with van der Waals surface area (Å²) in [6, 6.07) is -0.0636. The maximum absolute atomic E-state index is 13.1. The first-order chi connectivity index (χ1) is 23.5. The van der Waals surface area contributed by atoms with Gasteiger partial charge < -0.3 is 49.8 Å². The molecule has 0 radical (unpaired) electrons. The van der Waals surface area contributed by atoms with E-state index in [0.29, 0.717) is 58.5 Å². The van der Waals surface area contributed by atoms with E-state index in [1.54, 1.807) is 32.7 Å². The SMILES string of the molecule is C[C@H]1CN(C)C(=O)CCCNC(=O)[C@H](C)[C@@H](O)[C@H](C)[C@@H](O[C@@H]2O[C@H](C)C[C@H](N(C)C)[C@H]2OCCCNC(=O)CN2CCN(C)CC2)[C@](C)(O)C1. The number of hydrogen-bond donors (Lipinski definition) is 4. The zero-order valence-electron chi connectivity index (χ0n) is 32.2. The molecule has 0 aromatic carbocycles. The van der Waals surface area contributed by atoms with Crippen LogP contribution < -0.4 is 10.6 Å². The summed E-state index contributed by atoms with van der Waals surface area (Å²) in [7, 11) is 7.82. The Morgan fingerprint density at radius 2 is 1.80 bits per heavy atom. The maximum Gasteiger partial charge on any atom is 0.234 e. The molecule has 3 aliphatic heterocycles. The average molecular weight is 713 g/mol. The monoisotopic (exact) mass is 713 g/mol. The Balaban J connectivity index is 1.76. The molecule has 0 spiro atoms. The molecule has 3 rings (SSSR count). The Morgan fingerprint density at radius 3 is 2.46 bits per heavy atom. The molecule has 0 unspecified atom stereocenters. The zero-order chi connectivity index (χ0) is 37.2. The Hall–Kier alpha value is -1.91. The second-order valence-electron chi connectivity index (χ2n) is 15.7. The molecule has 0 aliphatic carbocycles. The summed E-state index contributed by atoms with van der Waals surface area (Å²) >= 11 is 0. The Morgan fingerprint density at radius 1 is 1.12 bits per heavy atom. The molecule has 0 aromatic rings. The number of nitrogens with zero attached hydrogens (tertiary/aromatic N) is 4. The van der Waals surface area contributed by atoms with Crippen molar-refractivity contribution in [2.45, 2.75) is 109 Å². The summed E-state index contributed by atoms with van der Waals surface area (Å²) < 4.78 is 19.7. The Bertz CT molecular complexity index is 1070. The van der Waals surface area contributed by atoms with Gasteiger partial charge in [0, 0.05) is 77.8 Å². The summed E-state index contributed by atoms with van der Waals surface area (Å²) in [5, 5.41) is 29.6. The number of aliphatic hydroxyl groups excluding tert-OH is 1. The molecule has 290 valence electrons. The first-order valence-electron chi connectivity index (χ1n) is 18.7. The van der Waals surface area contributed by atoms with E-state index in [2.05, 4.69) is 32.4 Å². The molecule has 3 fully saturated rings. The minimum absolute atomic E-state index is 0.00341. The van der Waals surface area contributed by atoms with Crippen molar-refractivity contribution in [3.8, 4) is 0 Å². The lowest BCUT2D eigenvalue weighted by atomic mass is 9.78. The van der Waals surface area contributed by atoms with E-state index in [1.165, 1.54) is 0 Å². The van der Waals surface area contributed by atoms with Gasteiger partial charge in [-0.25, -0.2) is 0 Å². The average Bonchev–Trinajstić information content (AvgIpc) is 3.04. The molecule has 0 aromatic heterocycles. The van der Waals surface area contributed by atoms with E-state index in [9.17, 15) is 24.6 Å². The molecule has 3 aliphatic rings. The van der Waals surface area contributed by atoms with Gasteiger partial charge in [0.25, 0.3) is 0 Å². The van der Waals surface area contributed by atoms with Gasteiger partial charge in [-0.1, -0.05) is 20.8 Å². The molecule has 14 nitrogen and oxygen atoms in total. The van der Waals surface area contributed by atoms with Crippen molar-refractivity contribution in [3.05, 3.63) is 0 Å². The second-order valence-corrected chi connectivity index (χ2v) is 15.7. The minimum Gasteiger partial charge on any atom is -0.392 e. The van der Waals surface area contributed by atoms with Crippen molar-refractivity contribution in [3.63, 3.8) is 0 Å². The van der Waals surface area contributed by atoms with E-state index in [0.717, 1.165) is 26.2 Å². The van der Waals surface area contributed by atoms with Crippen LogP contribution in [0, 0.1) is 17.8 Å². The second kappa shape index (κ2) is 19.8. The first-order valence-corrected chi connectivity index (χ1v) is 18.7. The van der Waals surface area contributed by atoms with Crippen molar-refractivity contribution < 1.29 is 38.8 Å². The molecule has 14 heteroatoms. The standard InChI is InChI=1S/C36H68N6O8/c1-24-21-36(5,47)33(26(3)31(45)27(4)34(46)38-13-10-12-30(44)41(9)22-24)50-35-32(28(39(6)7)20-25(2)49-35)48-19-11-14-37-29(43)23-42-17-15-40(8)16-18-42/h24-28,31-33,35,45,47H,10-23H2,1-9H3,(H,37,43)(H,38,46)/t24-,25-,26+,27-,28+,31+,32-,33-,35+,36-/m1/s1. The summed E-state index contributed by atoms with van der Waals surface area (Å²) in [5.41, 5.74) is -1.46. The van der Waals surface area contributed by atoms with Crippen molar-refractivity contribution in [1.82, 2.24) is 30.2 Å². The van der Waals surface area contributed by atoms with Gasteiger partial charge in [0.1, 0.15) is 6.10 Å². The fourth-order valence-corrected chi connectivity index (χ4v) is 7.64. The fourth-order valence-electron chi connectivity index (χ4n) is 7.64. The Kier molecular flexibility index (Phi) is 16.8.